The third kappa shape index (κ3) is 3.00. The van der Waals surface area contributed by atoms with Gasteiger partial charge in [-0.05, 0) is 24.3 Å². The van der Waals surface area contributed by atoms with Crippen molar-refractivity contribution in [1.29, 1.82) is 0 Å². The van der Waals surface area contributed by atoms with Crippen molar-refractivity contribution < 1.29 is 4.79 Å². The van der Waals surface area contributed by atoms with Crippen LogP contribution in [-0.4, -0.2) is 20.9 Å². The second kappa shape index (κ2) is 5.62. The van der Waals surface area contributed by atoms with Crippen LogP contribution in [-0.2, 0) is 17.8 Å². The van der Waals surface area contributed by atoms with E-state index in [1.54, 1.807) is 18.3 Å². The molecule has 106 valence electrons. The van der Waals surface area contributed by atoms with E-state index in [9.17, 15) is 9.59 Å². The lowest BCUT2D eigenvalue weighted by Gasteiger charge is -2.04. The molecule has 1 amide bonds. The Morgan fingerprint density at radius 3 is 2.90 bits per heavy atom. The summed E-state index contributed by atoms with van der Waals surface area (Å²) in [5, 5.41) is 2.77. The molecule has 6 nitrogen and oxygen atoms in total. The molecule has 21 heavy (non-hydrogen) atoms. The molecule has 3 rings (SSSR count). The third-order valence-electron chi connectivity index (χ3n) is 3.18. The number of hydrogen-bond donors (Lipinski definition) is 3. The number of aromatic amines is 2. The Morgan fingerprint density at radius 2 is 2.05 bits per heavy atom. The van der Waals surface area contributed by atoms with Crippen LogP contribution in [0.15, 0.2) is 47.5 Å². The van der Waals surface area contributed by atoms with Crippen LogP contribution in [0.25, 0.3) is 11.0 Å². The quantitative estimate of drug-likeness (QED) is 0.669. The van der Waals surface area contributed by atoms with Crippen molar-refractivity contribution >= 4 is 16.9 Å². The molecule has 0 saturated carbocycles. The lowest BCUT2D eigenvalue weighted by molar-refractivity contribution is -0.120. The molecular formula is C15H14N4O2. The maximum atomic E-state index is 11.9. The molecule has 0 spiro atoms. The molecule has 3 aromatic heterocycles. The van der Waals surface area contributed by atoms with Crippen molar-refractivity contribution in [2.45, 2.75) is 13.0 Å². The Labute approximate surface area is 120 Å². The molecule has 3 heterocycles. The van der Waals surface area contributed by atoms with Gasteiger partial charge in [0.15, 0.2) is 0 Å². The minimum atomic E-state index is -0.237. The van der Waals surface area contributed by atoms with Crippen LogP contribution in [0.3, 0.4) is 0 Å². The molecule has 6 heteroatoms. The van der Waals surface area contributed by atoms with E-state index in [-0.39, 0.29) is 17.9 Å². The smallest absolute Gasteiger partial charge is 0.251 e. The Balaban J connectivity index is 1.63. The van der Waals surface area contributed by atoms with Gasteiger partial charge in [0.2, 0.25) is 5.91 Å². The minimum Gasteiger partial charge on any atom is -0.360 e. The van der Waals surface area contributed by atoms with E-state index < -0.39 is 0 Å². The Morgan fingerprint density at radius 1 is 1.14 bits per heavy atom. The van der Waals surface area contributed by atoms with Crippen LogP contribution < -0.4 is 10.9 Å². The first kappa shape index (κ1) is 13.1. The molecule has 0 aromatic carbocycles. The highest BCUT2D eigenvalue weighted by molar-refractivity contribution is 5.78. The normalized spacial score (nSPS) is 10.7. The first-order valence-corrected chi connectivity index (χ1v) is 6.59. The number of nitrogens with zero attached hydrogens (tertiary/aromatic N) is 1. The van der Waals surface area contributed by atoms with E-state index >= 15 is 0 Å². The van der Waals surface area contributed by atoms with Crippen LogP contribution in [0.4, 0.5) is 0 Å². The summed E-state index contributed by atoms with van der Waals surface area (Å²) in [7, 11) is 0. The molecule has 0 radical (unpaired) electrons. The average molecular weight is 282 g/mol. The Hall–Kier alpha value is -2.89. The van der Waals surface area contributed by atoms with Crippen LogP contribution in [0, 0.1) is 0 Å². The van der Waals surface area contributed by atoms with Gasteiger partial charge in [0.25, 0.3) is 5.56 Å². The zero-order valence-electron chi connectivity index (χ0n) is 11.2. The van der Waals surface area contributed by atoms with E-state index in [0.29, 0.717) is 12.1 Å². The van der Waals surface area contributed by atoms with Crippen molar-refractivity contribution in [3.63, 3.8) is 0 Å². The second-order valence-corrected chi connectivity index (χ2v) is 4.69. The molecule has 0 aliphatic heterocycles. The summed E-state index contributed by atoms with van der Waals surface area (Å²) in [5.41, 5.74) is 2.81. The fraction of sp³-hybridized carbons (Fsp3) is 0.133. The van der Waals surface area contributed by atoms with Gasteiger partial charge in [-0.1, -0.05) is 6.07 Å². The first-order chi connectivity index (χ1) is 10.2. The number of H-pyrrole nitrogens is 2. The summed E-state index contributed by atoms with van der Waals surface area (Å²) in [4.78, 5) is 33.4. The highest BCUT2D eigenvalue weighted by Gasteiger charge is 2.07. The lowest BCUT2D eigenvalue weighted by atomic mass is 10.2. The number of carbonyl (C=O) groups is 1. The number of rotatable bonds is 4. The summed E-state index contributed by atoms with van der Waals surface area (Å²) in [6.45, 7) is 0.338. The van der Waals surface area contributed by atoms with Gasteiger partial charge in [-0.25, -0.2) is 4.98 Å². The summed E-state index contributed by atoms with van der Waals surface area (Å²) >= 11 is 0. The standard InChI is InChI=1S/C15H14N4O2/c20-14(8-10-2-1-6-17-15(10)21)18-9-11-3-4-12-13(19-11)5-7-16-12/h1-7,16H,8-9H2,(H,17,21)(H,18,20). The number of hydrogen-bond acceptors (Lipinski definition) is 3. The van der Waals surface area contributed by atoms with Gasteiger partial charge in [-0.15, -0.1) is 0 Å². The van der Waals surface area contributed by atoms with Crippen molar-refractivity contribution in [2.24, 2.45) is 0 Å². The zero-order valence-corrected chi connectivity index (χ0v) is 11.2. The number of fused-ring (bicyclic) bond motifs is 1. The molecule has 0 bridgehead atoms. The van der Waals surface area contributed by atoms with Gasteiger partial charge >= 0.3 is 0 Å². The second-order valence-electron chi connectivity index (χ2n) is 4.69. The SMILES string of the molecule is O=C(Cc1ccc[nH]c1=O)NCc1ccc2[nH]ccc2n1. The van der Waals surface area contributed by atoms with E-state index in [0.717, 1.165) is 16.7 Å². The molecule has 0 fully saturated rings. The van der Waals surface area contributed by atoms with E-state index in [1.165, 1.54) is 0 Å². The van der Waals surface area contributed by atoms with Crippen molar-refractivity contribution in [1.82, 2.24) is 20.3 Å². The van der Waals surface area contributed by atoms with Gasteiger partial charge in [0.05, 0.1) is 29.7 Å². The number of pyridine rings is 2. The summed E-state index contributed by atoms with van der Waals surface area (Å²) in [6.07, 6.45) is 3.42. The molecule has 3 N–H and O–H groups in total. The summed E-state index contributed by atoms with van der Waals surface area (Å²) in [6, 6.07) is 9.00. The van der Waals surface area contributed by atoms with E-state index in [4.69, 9.17) is 0 Å². The van der Waals surface area contributed by atoms with Gasteiger partial charge in [0, 0.05) is 18.0 Å². The van der Waals surface area contributed by atoms with Gasteiger partial charge in [-0.3, -0.25) is 9.59 Å². The first-order valence-electron chi connectivity index (χ1n) is 6.59. The molecular weight excluding hydrogens is 268 g/mol. The van der Waals surface area contributed by atoms with Crippen LogP contribution in [0.1, 0.15) is 11.3 Å². The number of nitrogens with one attached hydrogen (secondary N) is 3. The van der Waals surface area contributed by atoms with Crippen LogP contribution in [0.2, 0.25) is 0 Å². The number of carbonyl (C=O) groups excluding carboxylic acids is 1. The van der Waals surface area contributed by atoms with Crippen molar-refractivity contribution in [3.8, 4) is 0 Å². The van der Waals surface area contributed by atoms with Crippen molar-refractivity contribution in [3.05, 3.63) is 64.3 Å². The molecule has 0 unspecified atom stereocenters. The topological polar surface area (TPSA) is 90.6 Å². The van der Waals surface area contributed by atoms with Crippen molar-refractivity contribution in [2.75, 3.05) is 0 Å². The summed E-state index contributed by atoms with van der Waals surface area (Å²) < 4.78 is 0. The minimum absolute atomic E-state index is 0.0581. The van der Waals surface area contributed by atoms with Gasteiger partial charge in [0.1, 0.15) is 0 Å². The molecule has 0 saturated heterocycles. The largest absolute Gasteiger partial charge is 0.360 e. The third-order valence-corrected chi connectivity index (χ3v) is 3.18. The van der Waals surface area contributed by atoms with Gasteiger partial charge in [-0.2, -0.15) is 0 Å². The maximum absolute atomic E-state index is 11.9. The lowest BCUT2D eigenvalue weighted by Crippen LogP contribution is -2.27. The van der Waals surface area contributed by atoms with Gasteiger partial charge < -0.3 is 15.3 Å². The molecule has 0 atom stereocenters. The predicted octanol–water partition coefficient (Wildman–Crippen LogP) is 1.11. The fourth-order valence-electron chi connectivity index (χ4n) is 2.10. The molecule has 3 aromatic rings. The zero-order chi connectivity index (χ0) is 14.7. The Bertz CT molecular complexity index is 835. The fourth-order valence-corrected chi connectivity index (χ4v) is 2.10. The maximum Gasteiger partial charge on any atom is 0.251 e. The Kier molecular flexibility index (Phi) is 3.51. The molecule has 0 aliphatic carbocycles. The highest BCUT2D eigenvalue weighted by Crippen LogP contribution is 2.09. The number of amides is 1. The number of aromatic nitrogens is 3. The van der Waals surface area contributed by atoms with E-state index in [1.807, 2.05) is 24.4 Å². The van der Waals surface area contributed by atoms with Crippen LogP contribution >= 0.6 is 0 Å². The average Bonchev–Trinajstić information content (AvgIpc) is 2.95. The van der Waals surface area contributed by atoms with E-state index in [2.05, 4.69) is 20.3 Å². The predicted molar refractivity (Wildman–Crippen MR) is 78.7 cm³/mol. The van der Waals surface area contributed by atoms with Crippen LogP contribution in [0.5, 0.6) is 0 Å². The monoisotopic (exact) mass is 282 g/mol. The summed E-state index contributed by atoms with van der Waals surface area (Å²) in [5.74, 6) is -0.206. The molecule has 0 aliphatic rings. The highest BCUT2D eigenvalue weighted by atomic mass is 16.2.